The maximum Gasteiger partial charge on any atom is 0.257 e. The fourth-order valence-corrected chi connectivity index (χ4v) is 3.78. The molecule has 4 rings (SSSR count). The predicted molar refractivity (Wildman–Crippen MR) is 96.8 cm³/mol. The first-order valence-electron chi connectivity index (χ1n) is 7.38. The van der Waals surface area contributed by atoms with E-state index in [1.807, 2.05) is 36.6 Å². The van der Waals surface area contributed by atoms with Crippen molar-refractivity contribution in [3.63, 3.8) is 0 Å². The smallest absolute Gasteiger partial charge is 0.257 e. The largest absolute Gasteiger partial charge is 0.486 e. The summed E-state index contributed by atoms with van der Waals surface area (Å²) >= 11 is 3.02. The summed E-state index contributed by atoms with van der Waals surface area (Å²) < 4.78 is 12.1. The zero-order chi connectivity index (χ0) is 16.5. The Labute approximate surface area is 147 Å². The quantitative estimate of drug-likeness (QED) is 0.716. The van der Waals surface area contributed by atoms with Gasteiger partial charge >= 0.3 is 0 Å². The maximum atomic E-state index is 12.4. The lowest BCUT2D eigenvalue weighted by Gasteiger charge is -2.17. The normalized spacial score (nSPS) is 13.0. The number of thiazole rings is 1. The molecule has 0 bridgehead atoms. The lowest BCUT2D eigenvalue weighted by Crippen LogP contribution is -2.15. The second kappa shape index (κ2) is 6.33. The number of carbonyl (C=O) groups is 1. The Morgan fingerprint density at radius 3 is 2.79 bits per heavy atom. The van der Waals surface area contributed by atoms with Crippen molar-refractivity contribution in [2.24, 2.45) is 0 Å². The zero-order valence-corrected chi connectivity index (χ0v) is 14.5. The average molecular weight is 358 g/mol. The molecule has 0 atom stereocenters. The van der Waals surface area contributed by atoms with E-state index in [2.05, 4.69) is 10.3 Å². The first kappa shape index (κ1) is 15.3. The van der Waals surface area contributed by atoms with E-state index in [1.54, 1.807) is 17.8 Å². The Morgan fingerprint density at radius 1 is 1.21 bits per heavy atom. The summed E-state index contributed by atoms with van der Waals surface area (Å²) in [5.41, 5.74) is 1.41. The van der Waals surface area contributed by atoms with Crippen molar-refractivity contribution >= 4 is 44.4 Å². The SMILES string of the molecule is CSc1cccc(C(=O)Nc2nc3cc4c(cc3s2)OCCO4)c1. The van der Waals surface area contributed by atoms with Gasteiger partial charge in [0.2, 0.25) is 0 Å². The molecule has 3 aromatic rings. The van der Waals surface area contributed by atoms with E-state index in [0.717, 1.165) is 20.9 Å². The molecule has 0 radical (unpaired) electrons. The number of thioether (sulfide) groups is 1. The van der Waals surface area contributed by atoms with Crippen LogP contribution >= 0.6 is 23.1 Å². The van der Waals surface area contributed by atoms with Crippen molar-refractivity contribution in [2.75, 3.05) is 24.8 Å². The molecule has 1 aliphatic rings. The van der Waals surface area contributed by atoms with Crippen LogP contribution in [0, 0.1) is 0 Å². The standard InChI is InChI=1S/C17H14N2O3S2/c1-23-11-4-2-3-10(7-11)16(20)19-17-18-12-8-13-14(9-15(12)24-17)22-6-5-21-13/h2-4,7-9H,5-6H2,1H3,(H,18,19,20). The molecular formula is C17H14N2O3S2. The van der Waals surface area contributed by atoms with E-state index in [9.17, 15) is 4.79 Å². The van der Waals surface area contributed by atoms with Gasteiger partial charge in [-0.25, -0.2) is 4.98 Å². The minimum atomic E-state index is -0.165. The van der Waals surface area contributed by atoms with Gasteiger partial charge in [-0.2, -0.15) is 0 Å². The highest BCUT2D eigenvalue weighted by molar-refractivity contribution is 7.98. The van der Waals surface area contributed by atoms with Gasteiger partial charge in [-0.3, -0.25) is 10.1 Å². The number of nitrogens with zero attached hydrogens (tertiary/aromatic N) is 1. The molecule has 0 fully saturated rings. The number of hydrogen-bond donors (Lipinski definition) is 1. The zero-order valence-electron chi connectivity index (χ0n) is 12.9. The van der Waals surface area contributed by atoms with Crippen molar-refractivity contribution < 1.29 is 14.3 Å². The van der Waals surface area contributed by atoms with Gasteiger partial charge in [0, 0.05) is 22.6 Å². The third-order valence-corrected chi connectivity index (χ3v) is 5.26. The molecule has 0 saturated heterocycles. The lowest BCUT2D eigenvalue weighted by atomic mass is 10.2. The van der Waals surface area contributed by atoms with Gasteiger partial charge in [-0.15, -0.1) is 11.8 Å². The number of rotatable bonds is 3. The number of ether oxygens (including phenoxy) is 2. The first-order valence-corrected chi connectivity index (χ1v) is 9.42. The van der Waals surface area contributed by atoms with Gasteiger partial charge in [0.05, 0.1) is 10.2 Å². The predicted octanol–water partition coefficient (Wildman–Crippen LogP) is 4.04. The van der Waals surface area contributed by atoms with Gasteiger partial charge in [0.25, 0.3) is 5.91 Å². The third-order valence-electron chi connectivity index (χ3n) is 3.60. The minimum absolute atomic E-state index is 0.165. The van der Waals surface area contributed by atoms with E-state index < -0.39 is 0 Å². The summed E-state index contributed by atoms with van der Waals surface area (Å²) in [6, 6.07) is 11.3. The molecule has 0 aliphatic carbocycles. The molecule has 1 N–H and O–H groups in total. The van der Waals surface area contributed by atoms with Crippen LogP contribution in [-0.2, 0) is 0 Å². The van der Waals surface area contributed by atoms with Crippen LogP contribution in [0.5, 0.6) is 11.5 Å². The molecule has 5 nitrogen and oxygen atoms in total. The number of nitrogens with one attached hydrogen (secondary N) is 1. The van der Waals surface area contributed by atoms with E-state index in [0.29, 0.717) is 29.7 Å². The van der Waals surface area contributed by atoms with E-state index in [4.69, 9.17) is 9.47 Å². The summed E-state index contributed by atoms with van der Waals surface area (Å²) in [7, 11) is 0. The number of hydrogen-bond acceptors (Lipinski definition) is 6. The second-order valence-corrected chi connectivity index (χ2v) is 7.08. The fourth-order valence-electron chi connectivity index (χ4n) is 2.45. The van der Waals surface area contributed by atoms with Gasteiger partial charge < -0.3 is 9.47 Å². The number of benzene rings is 2. The molecule has 0 spiro atoms. The topological polar surface area (TPSA) is 60.5 Å². The highest BCUT2D eigenvalue weighted by atomic mass is 32.2. The van der Waals surface area contributed by atoms with Crippen molar-refractivity contribution in [1.29, 1.82) is 0 Å². The van der Waals surface area contributed by atoms with Gasteiger partial charge in [-0.1, -0.05) is 17.4 Å². The molecular weight excluding hydrogens is 344 g/mol. The van der Waals surface area contributed by atoms with Crippen LogP contribution in [0.25, 0.3) is 10.2 Å². The number of carbonyl (C=O) groups excluding carboxylic acids is 1. The van der Waals surface area contributed by atoms with E-state index in [1.165, 1.54) is 11.3 Å². The molecule has 2 heterocycles. The van der Waals surface area contributed by atoms with Crippen LogP contribution in [0.3, 0.4) is 0 Å². The van der Waals surface area contributed by atoms with Gasteiger partial charge in [0.15, 0.2) is 16.6 Å². The molecule has 1 amide bonds. The van der Waals surface area contributed by atoms with Crippen molar-refractivity contribution in [1.82, 2.24) is 4.98 Å². The van der Waals surface area contributed by atoms with Crippen molar-refractivity contribution in [3.05, 3.63) is 42.0 Å². The van der Waals surface area contributed by atoms with Gasteiger partial charge in [0.1, 0.15) is 13.2 Å². The molecule has 0 saturated carbocycles. The molecule has 0 unspecified atom stereocenters. The average Bonchev–Trinajstić information content (AvgIpc) is 3.00. The fraction of sp³-hybridized carbons (Fsp3) is 0.176. The summed E-state index contributed by atoms with van der Waals surface area (Å²) in [6.07, 6.45) is 1.98. The Hall–Kier alpha value is -2.25. The van der Waals surface area contributed by atoms with Gasteiger partial charge in [-0.05, 0) is 24.5 Å². The van der Waals surface area contributed by atoms with Crippen LogP contribution in [-0.4, -0.2) is 30.4 Å². The van der Waals surface area contributed by atoms with Crippen molar-refractivity contribution in [3.8, 4) is 11.5 Å². The summed E-state index contributed by atoms with van der Waals surface area (Å²) in [5, 5.41) is 3.43. The van der Waals surface area contributed by atoms with E-state index in [-0.39, 0.29) is 5.91 Å². The van der Waals surface area contributed by atoms with Crippen LogP contribution < -0.4 is 14.8 Å². The Kier molecular flexibility index (Phi) is 4.03. The molecule has 122 valence electrons. The second-order valence-electron chi connectivity index (χ2n) is 5.17. The Balaban J connectivity index is 1.61. The lowest BCUT2D eigenvalue weighted by molar-refractivity contribution is 0.102. The van der Waals surface area contributed by atoms with Crippen molar-refractivity contribution in [2.45, 2.75) is 4.90 Å². The van der Waals surface area contributed by atoms with Crippen LogP contribution in [0.1, 0.15) is 10.4 Å². The van der Waals surface area contributed by atoms with Crippen LogP contribution in [0.2, 0.25) is 0 Å². The maximum absolute atomic E-state index is 12.4. The third kappa shape index (κ3) is 2.92. The highest BCUT2D eigenvalue weighted by Gasteiger charge is 2.16. The number of amides is 1. The highest BCUT2D eigenvalue weighted by Crippen LogP contribution is 2.37. The Morgan fingerprint density at radius 2 is 2.00 bits per heavy atom. The summed E-state index contributed by atoms with van der Waals surface area (Å²) in [4.78, 5) is 17.9. The number of anilines is 1. The number of aromatic nitrogens is 1. The molecule has 2 aromatic carbocycles. The van der Waals surface area contributed by atoms with Crippen LogP contribution in [0.4, 0.5) is 5.13 Å². The molecule has 24 heavy (non-hydrogen) atoms. The Bertz CT molecular complexity index is 880. The molecule has 1 aliphatic heterocycles. The monoisotopic (exact) mass is 358 g/mol. The molecule has 7 heteroatoms. The first-order chi connectivity index (χ1) is 11.7. The minimum Gasteiger partial charge on any atom is -0.486 e. The van der Waals surface area contributed by atoms with Crippen LogP contribution in [0.15, 0.2) is 41.3 Å². The molecule has 1 aromatic heterocycles. The summed E-state index contributed by atoms with van der Waals surface area (Å²) in [5.74, 6) is 1.26. The summed E-state index contributed by atoms with van der Waals surface area (Å²) in [6.45, 7) is 1.09. The van der Waals surface area contributed by atoms with E-state index >= 15 is 0 Å². The number of fused-ring (bicyclic) bond motifs is 2.